The third kappa shape index (κ3) is 4.51. The smallest absolute Gasteiger partial charge is 0.238 e. The zero-order valence-electron chi connectivity index (χ0n) is 22.1. The van der Waals surface area contributed by atoms with E-state index in [1.807, 2.05) is 18.2 Å². The molecule has 1 aliphatic carbocycles. The van der Waals surface area contributed by atoms with Crippen LogP contribution in [0.3, 0.4) is 0 Å². The number of fused-ring (bicyclic) bond motifs is 4. The number of nitriles is 1. The van der Waals surface area contributed by atoms with Crippen LogP contribution in [0, 0.1) is 23.1 Å². The van der Waals surface area contributed by atoms with E-state index in [1.54, 1.807) is 12.1 Å². The average molecular weight is 531 g/mol. The number of rotatable bonds is 6. The van der Waals surface area contributed by atoms with Gasteiger partial charge in [-0.15, -0.1) is 0 Å². The first-order valence-corrected chi connectivity index (χ1v) is 14.4. The molecule has 7 rings (SSSR count). The van der Waals surface area contributed by atoms with Crippen molar-refractivity contribution in [2.75, 3.05) is 32.9 Å². The predicted molar refractivity (Wildman–Crippen MR) is 144 cm³/mol. The molecular formula is C31H35FN4O3. The molecule has 3 saturated heterocycles. The largest absolute Gasteiger partial charge is 0.492 e. The Bertz CT molecular complexity index is 1310. The molecule has 4 heterocycles. The maximum absolute atomic E-state index is 15.3. The lowest BCUT2D eigenvalue weighted by molar-refractivity contribution is -0.124. The average Bonchev–Trinajstić information content (AvgIpc) is 3.65. The minimum Gasteiger partial charge on any atom is -0.492 e. The molecule has 8 heteroatoms. The Balaban J connectivity index is 1.04. The highest BCUT2D eigenvalue weighted by Gasteiger charge is 2.45. The fourth-order valence-corrected chi connectivity index (χ4v) is 7.36. The summed E-state index contributed by atoms with van der Waals surface area (Å²) < 4.78 is 26.8. The van der Waals surface area contributed by atoms with Gasteiger partial charge in [-0.05, 0) is 86.0 Å². The minimum absolute atomic E-state index is 0.0107. The van der Waals surface area contributed by atoms with Crippen molar-refractivity contribution in [3.05, 3.63) is 53.3 Å². The Morgan fingerprint density at radius 1 is 1.18 bits per heavy atom. The Kier molecular flexibility index (Phi) is 6.34. The molecule has 7 nitrogen and oxygen atoms in total. The molecule has 2 aromatic rings. The number of carbonyl (C=O) groups is 1. The second kappa shape index (κ2) is 9.88. The number of likely N-dealkylation sites (tertiary alicyclic amines) is 1. The van der Waals surface area contributed by atoms with E-state index in [2.05, 4.69) is 27.7 Å². The molecular weight excluding hydrogens is 495 g/mol. The topological polar surface area (TPSA) is 86.6 Å². The Hall–Kier alpha value is -2.99. The molecule has 0 aromatic heterocycles. The summed E-state index contributed by atoms with van der Waals surface area (Å²) in [5.74, 6) is 0.774. The van der Waals surface area contributed by atoms with Crippen molar-refractivity contribution in [2.24, 2.45) is 5.92 Å². The highest BCUT2D eigenvalue weighted by atomic mass is 19.1. The van der Waals surface area contributed by atoms with Crippen LogP contribution in [0.2, 0.25) is 0 Å². The fourth-order valence-electron chi connectivity index (χ4n) is 7.36. The van der Waals surface area contributed by atoms with Crippen molar-refractivity contribution in [1.82, 2.24) is 15.5 Å². The van der Waals surface area contributed by atoms with E-state index in [1.165, 1.54) is 5.56 Å². The minimum atomic E-state index is -0.770. The summed E-state index contributed by atoms with van der Waals surface area (Å²) >= 11 is 0. The van der Waals surface area contributed by atoms with E-state index < -0.39 is 6.04 Å². The summed E-state index contributed by atoms with van der Waals surface area (Å²) in [6.07, 6.45) is 5.42. The van der Waals surface area contributed by atoms with Crippen LogP contribution in [-0.4, -0.2) is 67.9 Å². The van der Waals surface area contributed by atoms with E-state index in [9.17, 15) is 10.1 Å². The molecule has 4 atom stereocenters. The summed E-state index contributed by atoms with van der Waals surface area (Å²) in [4.78, 5) is 15.3. The SMILES string of the molecule is N#C[C@H](Cc1ccc(-c2ccc3c(c2)C2(CCN(C4COC4)CC2)CO3)cc1F)NC(=O)[C@H]1N[C@@H]2CC[C@H]1C2. The molecule has 204 valence electrons. The van der Waals surface area contributed by atoms with Crippen LogP contribution in [0.1, 0.15) is 43.2 Å². The van der Waals surface area contributed by atoms with E-state index in [4.69, 9.17) is 9.47 Å². The number of hydrogen-bond donors (Lipinski definition) is 2. The second-order valence-corrected chi connectivity index (χ2v) is 12.1. The van der Waals surface area contributed by atoms with Crippen molar-refractivity contribution < 1.29 is 18.7 Å². The van der Waals surface area contributed by atoms with Crippen molar-refractivity contribution in [2.45, 2.75) is 68.1 Å². The Morgan fingerprint density at radius 2 is 1.97 bits per heavy atom. The van der Waals surface area contributed by atoms with E-state index >= 15 is 4.39 Å². The zero-order chi connectivity index (χ0) is 26.6. The molecule has 2 N–H and O–H groups in total. The first kappa shape index (κ1) is 25.0. The van der Waals surface area contributed by atoms with Crippen LogP contribution in [0.4, 0.5) is 4.39 Å². The van der Waals surface area contributed by atoms with Gasteiger partial charge in [0, 0.05) is 23.4 Å². The van der Waals surface area contributed by atoms with E-state index in [0.29, 0.717) is 30.2 Å². The first-order valence-electron chi connectivity index (χ1n) is 14.4. The van der Waals surface area contributed by atoms with Gasteiger partial charge in [0.25, 0.3) is 0 Å². The summed E-state index contributed by atoms with van der Waals surface area (Å²) in [7, 11) is 0. The maximum atomic E-state index is 15.3. The van der Waals surface area contributed by atoms with Crippen LogP contribution in [0.5, 0.6) is 5.75 Å². The highest BCUT2D eigenvalue weighted by Crippen LogP contribution is 2.47. The summed E-state index contributed by atoms with van der Waals surface area (Å²) in [6.45, 7) is 4.46. The molecule has 0 unspecified atom stereocenters. The van der Waals surface area contributed by atoms with Crippen molar-refractivity contribution in [1.29, 1.82) is 5.26 Å². The molecule has 5 aliphatic rings. The molecule has 2 aromatic carbocycles. The third-order valence-corrected chi connectivity index (χ3v) is 9.87. The van der Waals surface area contributed by atoms with Gasteiger partial charge in [0.2, 0.25) is 5.91 Å². The van der Waals surface area contributed by atoms with E-state index in [0.717, 1.165) is 75.3 Å². The molecule has 1 amide bonds. The van der Waals surface area contributed by atoms with Crippen molar-refractivity contribution in [3.8, 4) is 22.9 Å². The highest BCUT2D eigenvalue weighted by molar-refractivity contribution is 5.83. The Morgan fingerprint density at radius 3 is 2.64 bits per heavy atom. The van der Waals surface area contributed by atoms with Gasteiger partial charge in [-0.2, -0.15) is 5.26 Å². The normalized spacial score (nSPS) is 27.9. The monoisotopic (exact) mass is 530 g/mol. The Labute approximate surface area is 228 Å². The number of piperidine rings is 2. The van der Waals surface area contributed by atoms with Crippen LogP contribution >= 0.6 is 0 Å². The van der Waals surface area contributed by atoms with Crippen LogP contribution < -0.4 is 15.4 Å². The van der Waals surface area contributed by atoms with Crippen molar-refractivity contribution in [3.63, 3.8) is 0 Å². The number of carbonyl (C=O) groups excluding carboxylic acids is 1. The van der Waals surface area contributed by atoms with Crippen LogP contribution in [0.25, 0.3) is 11.1 Å². The number of hydrogen-bond acceptors (Lipinski definition) is 6. The van der Waals surface area contributed by atoms with Gasteiger partial charge >= 0.3 is 0 Å². The summed E-state index contributed by atoms with van der Waals surface area (Å²) in [5.41, 5.74) is 3.44. The molecule has 0 radical (unpaired) electrons. The molecule has 2 bridgehead atoms. The number of nitrogens with one attached hydrogen (secondary N) is 2. The van der Waals surface area contributed by atoms with Gasteiger partial charge in [-0.25, -0.2) is 4.39 Å². The lowest BCUT2D eigenvalue weighted by Crippen LogP contribution is -2.54. The molecule has 1 saturated carbocycles. The van der Waals surface area contributed by atoms with Gasteiger partial charge in [0.15, 0.2) is 0 Å². The second-order valence-electron chi connectivity index (χ2n) is 12.1. The fraction of sp³-hybridized carbons (Fsp3) is 0.548. The predicted octanol–water partition coefficient (Wildman–Crippen LogP) is 3.31. The molecule has 4 aliphatic heterocycles. The van der Waals surface area contributed by atoms with Gasteiger partial charge in [0.05, 0.1) is 38.0 Å². The number of ether oxygens (including phenoxy) is 2. The number of amides is 1. The van der Waals surface area contributed by atoms with Gasteiger partial charge < -0.3 is 20.1 Å². The number of nitrogens with zero attached hydrogens (tertiary/aromatic N) is 2. The zero-order valence-corrected chi connectivity index (χ0v) is 22.1. The number of benzene rings is 2. The maximum Gasteiger partial charge on any atom is 0.238 e. The number of halogens is 1. The summed E-state index contributed by atoms with van der Waals surface area (Å²) in [6, 6.07) is 13.5. The molecule has 4 fully saturated rings. The van der Waals surface area contributed by atoms with Gasteiger partial charge in [0.1, 0.15) is 17.6 Å². The molecule has 1 spiro atoms. The van der Waals surface area contributed by atoms with Crippen LogP contribution in [0.15, 0.2) is 36.4 Å². The third-order valence-electron chi connectivity index (χ3n) is 9.87. The van der Waals surface area contributed by atoms with E-state index in [-0.39, 0.29) is 29.6 Å². The standard InChI is InChI=1S/C31H35FN4O3/c32-27-14-20(1-2-21(27)11-24(15-33)35-30(37)29-22-3-5-23(12-22)34-29)19-4-6-28-26(13-19)31(18-39-28)7-9-36(10-8-31)25-16-38-17-25/h1-2,4,6,13-14,22-25,29,34H,3,5,7-12,16-18H2,(H,35,37)/t22-,23+,24-,29-/m0/s1. The quantitative estimate of drug-likeness (QED) is 0.596. The lowest BCUT2D eigenvalue weighted by Gasteiger charge is -2.44. The molecule has 39 heavy (non-hydrogen) atoms. The summed E-state index contributed by atoms with van der Waals surface area (Å²) in [5, 5.41) is 15.9. The van der Waals surface area contributed by atoms with Crippen LogP contribution in [-0.2, 0) is 21.4 Å². The van der Waals surface area contributed by atoms with Crippen molar-refractivity contribution >= 4 is 5.91 Å². The van der Waals surface area contributed by atoms with Gasteiger partial charge in [-0.1, -0.05) is 18.2 Å². The van der Waals surface area contributed by atoms with Gasteiger partial charge in [-0.3, -0.25) is 9.69 Å². The lowest BCUT2D eigenvalue weighted by atomic mass is 9.73. The first-order chi connectivity index (χ1) is 19.0.